The van der Waals surface area contributed by atoms with E-state index in [1.165, 1.54) is 0 Å². The van der Waals surface area contributed by atoms with Gasteiger partial charge in [-0.3, -0.25) is 4.79 Å². The molecule has 20 heavy (non-hydrogen) atoms. The van der Waals surface area contributed by atoms with E-state index < -0.39 is 5.97 Å². The van der Waals surface area contributed by atoms with Gasteiger partial charge in [0.2, 0.25) is 5.91 Å². The van der Waals surface area contributed by atoms with Gasteiger partial charge in [-0.1, -0.05) is 26.0 Å². The van der Waals surface area contributed by atoms with Gasteiger partial charge >= 0.3 is 5.97 Å². The molecule has 1 aromatic carbocycles. The molecule has 0 aliphatic heterocycles. The number of nitrogens with two attached hydrogens (primary N) is 1. The van der Waals surface area contributed by atoms with Crippen molar-refractivity contribution in [3.8, 4) is 0 Å². The fourth-order valence-corrected chi connectivity index (χ4v) is 2.17. The van der Waals surface area contributed by atoms with Crippen LogP contribution in [0.2, 0.25) is 0 Å². The number of carbonyl (C=O) groups is 2. The minimum atomic E-state index is -1.05. The Labute approximate surface area is 119 Å². The molecule has 5 nitrogen and oxygen atoms in total. The molecule has 0 aliphatic carbocycles. The highest BCUT2D eigenvalue weighted by Crippen LogP contribution is 2.21. The smallest absolute Gasteiger partial charge is 0.338 e. The molecule has 0 bridgehead atoms. The fourth-order valence-electron chi connectivity index (χ4n) is 2.17. The zero-order chi connectivity index (χ0) is 15.3. The summed E-state index contributed by atoms with van der Waals surface area (Å²) in [5.74, 6) is -1.23. The number of benzene rings is 1. The van der Waals surface area contributed by atoms with Crippen LogP contribution < -0.4 is 11.1 Å². The summed E-state index contributed by atoms with van der Waals surface area (Å²) in [4.78, 5) is 23.4. The van der Waals surface area contributed by atoms with Crippen molar-refractivity contribution < 1.29 is 14.7 Å². The molecule has 0 radical (unpaired) electrons. The van der Waals surface area contributed by atoms with Gasteiger partial charge in [0, 0.05) is 6.54 Å². The van der Waals surface area contributed by atoms with E-state index in [1.54, 1.807) is 25.1 Å². The predicted molar refractivity (Wildman–Crippen MR) is 78.8 cm³/mol. The Morgan fingerprint density at radius 1 is 1.35 bits per heavy atom. The first-order valence-electron chi connectivity index (χ1n) is 6.70. The second kappa shape index (κ2) is 7.05. The number of rotatable bonds is 6. The Morgan fingerprint density at radius 3 is 2.50 bits per heavy atom. The van der Waals surface area contributed by atoms with Crippen LogP contribution in [0.15, 0.2) is 18.2 Å². The predicted octanol–water partition coefficient (Wildman–Crippen LogP) is 2.25. The van der Waals surface area contributed by atoms with Crippen LogP contribution in [0.1, 0.15) is 36.2 Å². The molecule has 1 rings (SSSR count). The molecule has 0 heterocycles. The molecule has 1 unspecified atom stereocenters. The molecule has 0 spiro atoms. The summed E-state index contributed by atoms with van der Waals surface area (Å²) in [6, 6.07) is 5.02. The largest absolute Gasteiger partial charge is 0.478 e. The monoisotopic (exact) mass is 278 g/mol. The van der Waals surface area contributed by atoms with Crippen LogP contribution in [0.3, 0.4) is 0 Å². The van der Waals surface area contributed by atoms with Gasteiger partial charge in [-0.2, -0.15) is 0 Å². The molecule has 5 heteroatoms. The van der Waals surface area contributed by atoms with Crippen molar-refractivity contribution in [2.45, 2.75) is 27.2 Å². The Kier molecular flexibility index (Phi) is 5.70. The minimum Gasteiger partial charge on any atom is -0.478 e. The van der Waals surface area contributed by atoms with E-state index >= 15 is 0 Å². The second-order valence-corrected chi connectivity index (χ2v) is 5.35. The molecule has 0 saturated carbocycles. The quantitative estimate of drug-likeness (QED) is 0.744. The molecule has 1 atom stereocenters. The molecule has 4 N–H and O–H groups in total. The maximum atomic E-state index is 12.2. The van der Waals surface area contributed by atoms with Crippen LogP contribution >= 0.6 is 0 Å². The number of nitrogens with one attached hydrogen (secondary N) is 1. The van der Waals surface area contributed by atoms with E-state index in [9.17, 15) is 14.7 Å². The zero-order valence-corrected chi connectivity index (χ0v) is 12.1. The standard InChI is InChI=1S/C15H22N2O3/c1-9(2)7-11(8-16)14(18)17-12-6-4-5-10(3)13(12)15(19)20/h4-6,9,11H,7-8,16H2,1-3H3,(H,17,18)(H,19,20). The third kappa shape index (κ3) is 4.06. The number of hydrogen-bond donors (Lipinski definition) is 3. The van der Waals surface area contributed by atoms with Crippen LogP contribution in [0.25, 0.3) is 0 Å². The molecule has 1 aromatic rings. The van der Waals surface area contributed by atoms with Crippen LogP contribution in [0.5, 0.6) is 0 Å². The molecule has 0 saturated heterocycles. The number of hydrogen-bond acceptors (Lipinski definition) is 3. The third-order valence-corrected chi connectivity index (χ3v) is 3.16. The topological polar surface area (TPSA) is 92.4 Å². The number of carboxylic acid groups (broad SMARTS) is 1. The average molecular weight is 278 g/mol. The molecular formula is C15H22N2O3. The van der Waals surface area contributed by atoms with E-state index in [0.29, 0.717) is 23.6 Å². The molecule has 0 aliphatic rings. The first-order valence-corrected chi connectivity index (χ1v) is 6.70. The average Bonchev–Trinajstić information content (AvgIpc) is 2.35. The van der Waals surface area contributed by atoms with Crippen LogP contribution in [0.4, 0.5) is 5.69 Å². The van der Waals surface area contributed by atoms with Gasteiger partial charge in [0.1, 0.15) is 0 Å². The fraction of sp³-hybridized carbons (Fsp3) is 0.467. The molecule has 1 amide bonds. The highest BCUT2D eigenvalue weighted by Gasteiger charge is 2.21. The van der Waals surface area contributed by atoms with Crippen molar-refractivity contribution in [2.75, 3.05) is 11.9 Å². The van der Waals surface area contributed by atoms with Crippen LogP contribution in [-0.4, -0.2) is 23.5 Å². The minimum absolute atomic E-state index is 0.126. The van der Waals surface area contributed by atoms with Gasteiger partial charge < -0.3 is 16.2 Å². The van der Waals surface area contributed by atoms with E-state index in [4.69, 9.17) is 5.73 Å². The lowest BCUT2D eigenvalue weighted by Gasteiger charge is -2.18. The number of aromatic carboxylic acids is 1. The van der Waals surface area contributed by atoms with Crippen molar-refractivity contribution in [2.24, 2.45) is 17.6 Å². The van der Waals surface area contributed by atoms with Gasteiger partial charge in [0.25, 0.3) is 0 Å². The van der Waals surface area contributed by atoms with Crippen LogP contribution in [-0.2, 0) is 4.79 Å². The number of amides is 1. The lowest BCUT2D eigenvalue weighted by Crippen LogP contribution is -2.31. The molecule has 110 valence electrons. The molecule has 0 aromatic heterocycles. The lowest BCUT2D eigenvalue weighted by atomic mass is 9.96. The Bertz CT molecular complexity index is 498. The lowest BCUT2D eigenvalue weighted by molar-refractivity contribution is -0.120. The summed E-state index contributed by atoms with van der Waals surface area (Å²) in [5, 5.41) is 11.9. The van der Waals surface area contributed by atoms with Crippen molar-refractivity contribution in [1.29, 1.82) is 0 Å². The maximum Gasteiger partial charge on any atom is 0.338 e. The first kappa shape index (κ1) is 16.2. The Hall–Kier alpha value is -1.88. The van der Waals surface area contributed by atoms with E-state index in [-0.39, 0.29) is 23.9 Å². The van der Waals surface area contributed by atoms with Crippen LogP contribution in [0, 0.1) is 18.8 Å². The summed E-state index contributed by atoms with van der Waals surface area (Å²) in [6.45, 7) is 5.99. The van der Waals surface area contributed by atoms with Crippen molar-refractivity contribution in [3.63, 3.8) is 0 Å². The third-order valence-electron chi connectivity index (χ3n) is 3.16. The summed E-state index contributed by atoms with van der Waals surface area (Å²) in [5.41, 5.74) is 6.69. The molecule has 0 fully saturated rings. The van der Waals surface area contributed by atoms with Crippen molar-refractivity contribution in [3.05, 3.63) is 29.3 Å². The number of aryl methyl sites for hydroxylation is 1. The van der Waals surface area contributed by atoms with Crippen molar-refractivity contribution >= 4 is 17.6 Å². The zero-order valence-electron chi connectivity index (χ0n) is 12.1. The van der Waals surface area contributed by atoms with Gasteiger partial charge in [0.15, 0.2) is 0 Å². The van der Waals surface area contributed by atoms with Gasteiger partial charge in [-0.25, -0.2) is 4.79 Å². The highest BCUT2D eigenvalue weighted by atomic mass is 16.4. The van der Waals surface area contributed by atoms with E-state index in [1.807, 2.05) is 13.8 Å². The number of carbonyl (C=O) groups excluding carboxylic acids is 1. The van der Waals surface area contributed by atoms with E-state index in [0.717, 1.165) is 0 Å². The Morgan fingerprint density at radius 2 is 2.00 bits per heavy atom. The van der Waals surface area contributed by atoms with E-state index in [2.05, 4.69) is 5.32 Å². The summed E-state index contributed by atoms with van der Waals surface area (Å²) < 4.78 is 0. The SMILES string of the molecule is Cc1cccc(NC(=O)C(CN)CC(C)C)c1C(=O)O. The molecular weight excluding hydrogens is 256 g/mol. The summed E-state index contributed by atoms with van der Waals surface area (Å²) >= 11 is 0. The Balaban J connectivity index is 2.95. The van der Waals surface area contributed by atoms with Crippen molar-refractivity contribution in [1.82, 2.24) is 0 Å². The first-order chi connectivity index (χ1) is 9.36. The van der Waals surface area contributed by atoms with Gasteiger partial charge in [-0.15, -0.1) is 0 Å². The normalized spacial score (nSPS) is 12.2. The number of anilines is 1. The van der Waals surface area contributed by atoms with Gasteiger partial charge in [0.05, 0.1) is 17.2 Å². The van der Waals surface area contributed by atoms with Gasteiger partial charge in [-0.05, 0) is 30.9 Å². The second-order valence-electron chi connectivity index (χ2n) is 5.35. The summed E-state index contributed by atoms with van der Waals surface area (Å²) in [6.07, 6.45) is 0.677. The summed E-state index contributed by atoms with van der Waals surface area (Å²) in [7, 11) is 0. The maximum absolute atomic E-state index is 12.2. The highest BCUT2D eigenvalue weighted by molar-refractivity contribution is 6.02. The number of carboxylic acids is 1.